The highest BCUT2D eigenvalue weighted by Crippen LogP contribution is 2.42. The van der Waals surface area contributed by atoms with Gasteiger partial charge in [0.05, 0.1) is 12.9 Å². The average Bonchev–Trinajstić information content (AvgIpc) is 3.15. The molecule has 1 atom stereocenters. The van der Waals surface area contributed by atoms with Crippen LogP contribution in [0.3, 0.4) is 0 Å². The zero-order valence-corrected chi connectivity index (χ0v) is 17.6. The van der Waals surface area contributed by atoms with Gasteiger partial charge in [-0.1, -0.05) is 24.3 Å². The molecule has 1 saturated heterocycles. The van der Waals surface area contributed by atoms with E-state index < -0.39 is 0 Å². The SMILES string of the molecule is COc1ccc(C(=O)Nc2cccc([C@H]3SCC(=O)N3c3cccc(C)c3)c2)cc1. The van der Waals surface area contributed by atoms with E-state index in [1.165, 1.54) is 0 Å². The van der Waals surface area contributed by atoms with Crippen molar-refractivity contribution in [1.29, 1.82) is 0 Å². The number of hydrogen-bond acceptors (Lipinski definition) is 4. The van der Waals surface area contributed by atoms with Gasteiger partial charge in [-0.2, -0.15) is 0 Å². The molecule has 1 heterocycles. The summed E-state index contributed by atoms with van der Waals surface area (Å²) in [4.78, 5) is 27.0. The van der Waals surface area contributed by atoms with Crippen molar-refractivity contribution in [3.8, 4) is 5.75 Å². The predicted octanol–water partition coefficient (Wildman–Crippen LogP) is 5.03. The smallest absolute Gasteiger partial charge is 0.255 e. The van der Waals surface area contributed by atoms with Crippen LogP contribution < -0.4 is 15.0 Å². The van der Waals surface area contributed by atoms with Crippen LogP contribution >= 0.6 is 11.8 Å². The third kappa shape index (κ3) is 4.19. The van der Waals surface area contributed by atoms with E-state index in [0.29, 0.717) is 22.8 Å². The number of benzene rings is 3. The molecule has 6 heteroatoms. The van der Waals surface area contributed by atoms with Crippen LogP contribution in [-0.2, 0) is 4.79 Å². The van der Waals surface area contributed by atoms with Gasteiger partial charge in [-0.15, -0.1) is 11.8 Å². The van der Waals surface area contributed by atoms with Gasteiger partial charge in [0.2, 0.25) is 5.91 Å². The van der Waals surface area contributed by atoms with Crippen LogP contribution in [0.25, 0.3) is 0 Å². The Balaban J connectivity index is 1.56. The van der Waals surface area contributed by atoms with Gasteiger partial charge >= 0.3 is 0 Å². The van der Waals surface area contributed by atoms with Gasteiger partial charge in [0.1, 0.15) is 11.1 Å². The van der Waals surface area contributed by atoms with Gasteiger partial charge in [-0.3, -0.25) is 14.5 Å². The molecule has 0 spiro atoms. The van der Waals surface area contributed by atoms with Crippen LogP contribution in [0.4, 0.5) is 11.4 Å². The lowest BCUT2D eigenvalue weighted by Crippen LogP contribution is -2.27. The molecule has 152 valence electrons. The first-order valence-electron chi connectivity index (χ1n) is 9.61. The van der Waals surface area contributed by atoms with Crippen LogP contribution in [0.15, 0.2) is 72.8 Å². The summed E-state index contributed by atoms with van der Waals surface area (Å²) < 4.78 is 5.14. The van der Waals surface area contributed by atoms with Gasteiger partial charge < -0.3 is 10.1 Å². The molecule has 0 aromatic heterocycles. The summed E-state index contributed by atoms with van der Waals surface area (Å²) in [5.74, 6) is 1.03. The number of amides is 2. The molecule has 3 aromatic rings. The Morgan fingerprint density at radius 2 is 1.83 bits per heavy atom. The fraction of sp³-hybridized carbons (Fsp3) is 0.167. The second kappa shape index (κ2) is 8.63. The monoisotopic (exact) mass is 418 g/mol. The molecule has 0 saturated carbocycles. The summed E-state index contributed by atoms with van der Waals surface area (Å²) >= 11 is 1.59. The van der Waals surface area contributed by atoms with Crippen LogP contribution in [0.2, 0.25) is 0 Å². The van der Waals surface area contributed by atoms with Crippen molar-refractivity contribution >= 4 is 35.0 Å². The van der Waals surface area contributed by atoms with Gasteiger partial charge in [-0.05, 0) is 66.6 Å². The molecule has 30 heavy (non-hydrogen) atoms. The van der Waals surface area contributed by atoms with Crippen molar-refractivity contribution in [2.75, 3.05) is 23.1 Å². The summed E-state index contributed by atoms with van der Waals surface area (Å²) in [5.41, 5.74) is 4.21. The summed E-state index contributed by atoms with van der Waals surface area (Å²) in [6, 6.07) is 22.6. The lowest BCUT2D eigenvalue weighted by atomic mass is 10.1. The van der Waals surface area contributed by atoms with Gasteiger partial charge in [0.15, 0.2) is 0 Å². The standard InChI is InChI=1S/C24H22N2O3S/c1-16-5-3-8-20(13-16)26-22(27)15-30-24(26)18-6-4-7-19(14-18)25-23(28)17-9-11-21(29-2)12-10-17/h3-14,24H,15H2,1-2H3,(H,25,28)/t24-/m1/s1. The number of carbonyl (C=O) groups is 2. The van der Waals surface area contributed by atoms with E-state index in [-0.39, 0.29) is 17.2 Å². The van der Waals surface area contributed by atoms with Crippen LogP contribution in [0.1, 0.15) is 26.9 Å². The van der Waals surface area contributed by atoms with E-state index >= 15 is 0 Å². The van der Waals surface area contributed by atoms with E-state index in [4.69, 9.17) is 4.74 Å². The average molecular weight is 419 g/mol. The number of nitrogens with one attached hydrogen (secondary N) is 1. The normalized spacial score (nSPS) is 15.9. The van der Waals surface area contributed by atoms with E-state index in [1.807, 2.05) is 60.4 Å². The number of carbonyl (C=O) groups excluding carboxylic acids is 2. The molecule has 1 aliphatic rings. The molecule has 0 bridgehead atoms. The van der Waals surface area contributed by atoms with E-state index in [1.54, 1.807) is 43.1 Å². The zero-order valence-electron chi connectivity index (χ0n) is 16.8. The summed E-state index contributed by atoms with van der Waals surface area (Å²) in [5, 5.41) is 2.81. The number of thioether (sulfide) groups is 1. The molecule has 0 unspecified atom stereocenters. The third-order valence-electron chi connectivity index (χ3n) is 4.93. The maximum absolute atomic E-state index is 12.6. The van der Waals surface area contributed by atoms with Crippen molar-refractivity contribution < 1.29 is 14.3 Å². The molecular weight excluding hydrogens is 396 g/mol. The largest absolute Gasteiger partial charge is 0.497 e. The Hall–Kier alpha value is -3.25. The minimum absolute atomic E-state index is 0.0864. The highest BCUT2D eigenvalue weighted by Gasteiger charge is 2.34. The van der Waals surface area contributed by atoms with Crippen molar-refractivity contribution in [3.05, 3.63) is 89.5 Å². The second-order valence-electron chi connectivity index (χ2n) is 7.07. The number of hydrogen-bond donors (Lipinski definition) is 1. The molecule has 1 fully saturated rings. The first-order valence-corrected chi connectivity index (χ1v) is 10.7. The number of anilines is 2. The quantitative estimate of drug-likeness (QED) is 0.631. The molecule has 1 aliphatic heterocycles. The lowest BCUT2D eigenvalue weighted by Gasteiger charge is -2.25. The first kappa shape index (κ1) is 20.0. The fourth-order valence-corrected chi connectivity index (χ4v) is 4.61. The van der Waals surface area contributed by atoms with E-state index in [2.05, 4.69) is 5.32 Å². The van der Waals surface area contributed by atoms with Crippen molar-refractivity contribution in [1.82, 2.24) is 0 Å². The van der Waals surface area contributed by atoms with Crippen molar-refractivity contribution in [2.45, 2.75) is 12.3 Å². The highest BCUT2D eigenvalue weighted by molar-refractivity contribution is 8.00. The minimum atomic E-state index is -0.194. The lowest BCUT2D eigenvalue weighted by molar-refractivity contribution is -0.115. The molecule has 1 N–H and O–H groups in total. The molecule has 0 radical (unpaired) electrons. The Morgan fingerprint density at radius 1 is 1.07 bits per heavy atom. The van der Waals surface area contributed by atoms with Crippen molar-refractivity contribution in [3.63, 3.8) is 0 Å². The first-order chi connectivity index (χ1) is 14.5. The molecule has 4 rings (SSSR count). The Bertz CT molecular complexity index is 1080. The van der Waals surface area contributed by atoms with E-state index in [0.717, 1.165) is 16.8 Å². The number of ether oxygens (including phenoxy) is 1. The fourth-order valence-electron chi connectivity index (χ4n) is 3.44. The second-order valence-corrected chi connectivity index (χ2v) is 8.14. The third-order valence-corrected chi connectivity index (χ3v) is 6.14. The molecule has 5 nitrogen and oxygen atoms in total. The zero-order chi connectivity index (χ0) is 21.1. The van der Waals surface area contributed by atoms with E-state index in [9.17, 15) is 9.59 Å². The minimum Gasteiger partial charge on any atom is -0.497 e. The number of nitrogens with zero attached hydrogens (tertiary/aromatic N) is 1. The van der Waals surface area contributed by atoms with Crippen LogP contribution in [0.5, 0.6) is 5.75 Å². The number of aryl methyl sites for hydroxylation is 1. The number of rotatable bonds is 5. The summed E-state index contributed by atoms with van der Waals surface area (Å²) in [7, 11) is 1.59. The molecular formula is C24H22N2O3S. The molecule has 0 aliphatic carbocycles. The number of methoxy groups -OCH3 is 1. The van der Waals surface area contributed by atoms with Gasteiger partial charge in [-0.25, -0.2) is 0 Å². The van der Waals surface area contributed by atoms with Gasteiger partial charge in [0.25, 0.3) is 5.91 Å². The highest BCUT2D eigenvalue weighted by atomic mass is 32.2. The molecule has 3 aromatic carbocycles. The summed E-state index contributed by atoms with van der Waals surface area (Å²) in [6.07, 6.45) is 0. The predicted molar refractivity (Wildman–Crippen MR) is 121 cm³/mol. The Labute approximate surface area is 180 Å². The topological polar surface area (TPSA) is 58.6 Å². The maximum atomic E-state index is 12.6. The Kier molecular flexibility index (Phi) is 5.77. The van der Waals surface area contributed by atoms with Gasteiger partial charge in [0, 0.05) is 16.9 Å². The maximum Gasteiger partial charge on any atom is 0.255 e. The van der Waals surface area contributed by atoms with Crippen molar-refractivity contribution in [2.24, 2.45) is 0 Å². The summed E-state index contributed by atoms with van der Waals surface area (Å²) in [6.45, 7) is 2.02. The Morgan fingerprint density at radius 3 is 2.57 bits per heavy atom. The molecule has 2 amide bonds. The van der Waals surface area contributed by atoms with Crippen LogP contribution in [-0.4, -0.2) is 24.7 Å². The van der Waals surface area contributed by atoms with Crippen LogP contribution in [0, 0.1) is 6.92 Å².